The zero-order valence-electron chi connectivity index (χ0n) is 12.8. The van der Waals surface area contributed by atoms with Gasteiger partial charge in [0.2, 0.25) is 0 Å². The molecule has 0 radical (unpaired) electrons. The van der Waals surface area contributed by atoms with E-state index in [4.69, 9.17) is 5.73 Å². The fourth-order valence-corrected chi connectivity index (χ4v) is 4.79. The van der Waals surface area contributed by atoms with Crippen molar-refractivity contribution in [3.63, 3.8) is 0 Å². The lowest BCUT2D eigenvalue weighted by molar-refractivity contribution is 0.173. The lowest BCUT2D eigenvalue weighted by atomic mass is 9.71. The molecule has 1 fully saturated rings. The molecule has 1 aromatic carbocycles. The molecule has 1 saturated carbocycles. The number of nitrogens with two attached hydrogens (primary N) is 1. The molecule has 3 heteroatoms. The standard InChI is InChI=1S/C17H27NOS/c1-17(2,3)14-9-10-15(18)16(11-14)20(19)12-13-7-5-4-6-8-13/h4-8,14-16H,9-12,18H2,1-3H3. The second-order valence-electron chi connectivity index (χ2n) is 7.09. The van der Waals surface area contributed by atoms with Crippen molar-refractivity contribution in [1.82, 2.24) is 0 Å². The Hall–Kier alpha value is -0.670. The van der Waals surface area contributed by atoms with Crippen LogP contribution in [0.4, 0.5) is 0 Å². The summed E-state index contributed by atoms with van der Waals surface area (Å²) in [6.45, 7) is 6.85. The first-order chi connectivity index (χ1) is 9.38. The average Bonchev–Trinajstić information content (AvgIpc) is 2.39. The van der Waals surface area contributed by atoms with Crippen LogP contribution in [0.3, 0.4) is 0 Å². The molecule has 1 aliphatic rings. The maximum absolute atomic E-state index is 12.7. The van der Waals surface area contributed by atoms with Crippen molar-refractivity contribution in [3.8, 4) is 0 Å². The fourth-order valence-electron chi connectivity index (χ4n) is 3.09. The molecular weight excluding hydrogens is 266 g/mol. The van der Waals surface area contributed by atoms with Crippen molar-refractivity contribution in [3.05, 3.63) is 35.9 Å². The predicted octanol–water partition coefficient (Wildman–Crippen LogP) is 3.48. The molecule has 2 nitrogen and oxygen atoms in total. The van der Waals surface area contributed by atoms with Gasteiger partial charge in [0.25, 0.3) is 0 Å². The summed E-state index contributed by atoms with van der Waals surface area (Å²) in [5.41, 5.74) is 7.68. The number of rotatable bonds is 3. The zero-order valence-corrected chi connectivity index (χ0v) is 13.7. The van der Waals surface area contributed by atoms with Gasteiger partial charge < -0.3 is 5.73 Å². The highest BCUT2D eigenvalue weighted by atomic mass is 32.2. The van der Waals surface area contributed by atoms with E-state index < -0.39 is 10.8 Å². The molecule has 0 bridgehead atoms. The van der Waals surface area contributed by atoms with E-state index in [1.165, 1.54) is 6.42 Å². The van der Waals surface area contributed by atoms with Crippen molar-refractivity contribution in [2.75, 3.05) is 0 Å². The second kappa shape index (κ2) is 6.40. The summed E-state index contributed by atoms with van der Waals surface area (Å²) in [7, 11) is -0.868. The average molecular weight is 293 g/mol. The van der Waals surface area contributed by atoms with E-state index >= 15 is 0 Å². The lowest BCUT2D eigenvalue weighted by Crippen LogP contribution is -2.45. The summed E-state index contributed by atoms with van der Waals surface area (Å²) < 4.78 is 12.7. The van der Waals surface area contributed by atoms with Crippen LogP contribution in [0.5, 0.6) is 0 Å². The minimum atomic E-state index is -0.868. The monoisotopic (exact) mass is 293 g/mol. The van der Waals surface area contributed by atoms with Crippen LogP contribution in [0, 0.1) is 11.3 Å². The van der Waals surface area contributed by atoms with Crippen molar-refractivity contribution in [2.45, 2.75) is 57.1 Å². The summed E-state index contributed by atoms with van der Waals surface area (Å²) in [5, 5.41) is 0.146. The van der Waals surface area contributed by atoms with Crippen molar-refractivity contribution in [1.29, 1.82) is 0 Å². The van der Waals surface area contributed by atoms with E-state index in [9.17, 15) is 4.21 Å². The Morgan fingerprint density at radius 2 is 1.85 bits per heavy atom. The Kier molecular flexibility index (Phi) is 5.03. The molecular formula is C17H27NOS. The van der Waals surface area contributed by atoms with Gasteiger partial charge in [-0.2, -0.15) is 0 Å². The summed E-state index contributed by atoms with van der Waals surface area (Å²) in [5.74, 6) is 1.27. The van der Waals surface area contributed by atoms with E-state index in [2.05, 4.69) is 20.8 Å². The summed E-state index contributed by atoms with van der Waals surface area (Å²) >= 11 is 0. The second-order valence-corrected chi connectivity index (χ2v) is 8.74. The van der Waals surface area contributed by atoms with Crippen molar-refractivity contribution < 1.29 is 4.21 Å². The van der Waals surface area contributed by atoms with Crippen molar-refractivity contribution in [2.24, 2.45) is 17.1 Å². The topological polar surface area (TPSA) is 43.1 Å². The maximum Gasteiger partial charge on any atom is 0.0505 e. The number of hydrogen-bond acceptors (Lipinski definition) is 2. The number of hydrogen-bond donors (Lipinski definition) is 1. The van der Waals surface area contributed by atoms with Gasteiger partial charge in [-0.1, -0.05) is 51.1 Å². The molecule has 2 rings (SSSR count). The molecule has 0 aromatic heterocycles. The van der Waals surface area contributed by atoms with E-state index in [0.717, 1.165) is 18.4 Å². The summed E-state index contributed by atoms with van der Waals surface area (Å²) in [4.78, 5) is 0. The molecule has 4 atom stereocenters. The Bertz CT molecular complexity index is 452. The molecule has 0 heterocycles. The van der Waals surface area contributed by atoms with Gasteiger partial charge in [-0.15, -0.1) is 0 Å². The minimum Gasteiger partial charge on any atom is -0.327 e. The van der Waals surface area contributed by atoms with E-state index in [-0.39, 0.29) is 16.7 Å². The van der Waals surface area contributed by atoms with Crippen LogP contribution in [0.25, 0.3) is 0 Å². The zero-order chi connectivity index (χ0) is 14.8. The van der Waals surface area contributed by atoms with Gasteiger partial charge in [-0.25, -0.2) is 0 Å². The summed E-state index contributed by atoms with van der Waals surface area (Å²) in [6.07, 6.45) is 3.18. The molecule has 112 valence electrons. The van der Waals surface area contributed by atoms with Gasteiger partial charge in [0.05, 0.1) is 5.25 Å². The van der Waals surface area contributed by atoms with Crippen molar-refractivity contribution >= 4 is 10.8 Å². The highest BCUT2D eigenvalue weighted by molar-refractivity contribution is 7.84. The molecule has 20 heavy (non-hydrogen) atoms. The minimum absolute atomic E-state index is 0.0955. The van der Waals surface area contributed by atoms with Crippen LogP contribution >= 0.6 is 0 Å². The van der Waals surface area contributed by atoms with Gasteiger partial charge in [0.1, 0.15) is 0 Å². The van der Waals surface area contributed by atoms with Crippen LogP contribution in [0.1, 0.15) is 45.6 Å². The van der Waals surface area contributed by atoms with Crippen LogP contribution in [-0.4, -0.2) is 15.5 Å². The van der Waals surface area contributed by atoms with Gasteiger partial charge >= 0.3 is 0 Å². The van der Waals surface area contributed by atoms with Gasteiger partial charge in [-0.3, -0.25) is 4.21 Å². The SMILES string of the molecule is CC(C)(C)C1CCC(N)C(S(=O)Cc2ccccc2)C1. The van der Waals surface area contributed by atoms with E-state index in [1.54, 1.807) is 0 Å². The quantitative estimate of drug-likeness (QED) is 0.927. The summed E-state index contributed by atoms with van der Waals surface area (Å²) in [6, 6.07) is 10.2. The Balaban J connectivity index is 2.04. The highest BCUT2D eigenvalue weighted by Gasteiger charge is 2.37. The molecule has 1 aliphatic carbocycles. The molecule has 4 unspecified atom stereocenters. The first-order valence-corrected chi connectivity index (χ1v) is 8.93. The highest BCUT2D eigenvalue weighted by Crippen LogP contribution is 2.39. The van der Waals surface area contributed by atoms with Crippen LogP contribution in [0.2, 0.25) is 0 Å². The van der Waals surface area contributed by atoms with Gasteiger partial charge in [0, 0.05) is 22.6 Å². The maximum atomic E-state index is 12.7. The lowest BCUT2D eigenvalue weighted by Gasteiger charge is -2.40. The third-order valence-corrected chi connectivity index (χ3v) is 6.39. The van der Waals surface area contributed by atoms with Gasteiger partial charge in [-0.05, 0) is 36.2 Å². The molecule has 0 aliphatic heterocycles. The first kappa shape index (κ1) is 15.7. The van der Waals surface area contributed by atoms with Crippen LogP contribution < -0.4 is 5.73 Å². The third-order valence-electron chi connectivity index (χ3n) is 4.56. The Morgan fingerprint density at radius 3 is 2.45 bits per heavy atom. The Labute approximate surface area is 125 Å². The van der Waals surface area contributed by atoms with E-state index in [1.807, 2.05) is 30.3 Å². The largest absolute Gasteiger partial charge is 0.327 e. The molecule has 0 amide bonds. The molecule has 2 N–H and O–H groups in total. The molecule has 0 spiro atoms. The fraction of sp³-hybridized carbons (Fsp3) is 0.647. The predicted molar refractivity (Wildman–Crippen MR) is 86.8 cm³/mol. The van der Waals surface area contributed by atoms with Gasteiger partial charge in [0.15, 0.2) is 0 Å². The van der Waals surface area contributed by atoms with Crippen LogP contribution in [-0.2, 0) is 16.6 Å². The molecule has 1 aromatic rings. The third kappa shape index (κ3) is 3.92. The first-order valence-electron chi connectivity index (χ1n) is 7.54. The smallest absolute Gasteiger partial charge is 0.0505 e. The van der Waals surface area contributed by atoms with E-state index in [0.29, 0.717) is 11.7 Å². The normalized spacial score (nSPS) is 29.1. The number of benzene rings is 1. The van der Waals surface area contributed by atoms with Crippen LogP contribution in [0.15, 0.2) is 30.3 Å². The molecule has 0 saturated heterocycles. The Morgan fingerprint density at radius 1 is 1.20 bits per heavy atom.